The maximum absolute atomic E-state index is 12.7. The minimum atomic E-state index is -0.491. The third-order valence-electron chi connectivity index (χ3n) is 5.38. The molecule has 2 aromatic carbocycles. The SMILES string of the molecule is Cc1cccc(NC(=O)COc2ccc(/C=C3\SC(=O)N(CC(=O)N4CCOCC4)C3=O)cc2)c1. The quantitative estimate of drug-likeness (QED) is 0.589. The second-order valence-corrected chi connectivity index (χ2v) is 9.03. The van der Waals surface area contributed by atoms with Crippen molar-refractivity contribution in [2.45, 2.75) is 6.92 Å². The van der Waals surface area contributed by atoms with Crippen molar-refractivity contribution in [1.29, 1.82) is 0 Å². The van der Waals surface area contributed by atoms with Gasteiger partial charge in [-0.3, -0.25) is 24.1 Å². The Morgan fingerprint density at radius 2 is 1.86 bits per heavy atom. The number of hydrogen-bond acceptors (Lipinski definition) is 7. The number of ether oxygens (including phenoxy) is 2. The summed E-state index contributed by atoms with van der Waals surface area (Å²) in [7, 11) is 0. The maximum Gasteiger partial charge on any atom is 0.294 e. The van der Waals surface area contributed by atoms with Crippen molar-refractivity contribution >= 4 is 46.5 Å². The van der Waals surface area contributed by atoms with E-state index in [4.69, 9.17) is 9.47 Å². The summed E-state index contributed by atoms with van der Waals surface area (Å²) in [5.74, 6) is -0.551. The lowest BCUT2D eigenvalue weighted by molar-refractivity contribution is -0.139. The Morgan fingerprint density at radius 3 is 2.57 bits per heavy atom. The molecule has 9 nitrogen and oxygen atoms in total. The van der Waals surface area contributed by atoms with Gasteiger partial charge in [0.1, 0.15) is 12.3 Å². The summed E-state index contributed by atoms with van der Waals surface area (Å²) >= 11 is 0.804. The lowest BCUT2D eigenvalue weighted by atomic mass is 10.2. The van der Waals surface area contributed by atoms with Crippen LogP contribution in [0.3, 0.4) is 0 Å². The molecular weight excluding hydrogens is 470 g/mol. The van der Waals surface area contributed by atoms with Crippen molar-refractivity contribution in [1.82, 2.24) is 9.80 Å². The fourth-order valence-electron chi connectivity index (χ4n) is 3.56. The van der Waals surface area contributed by atoms with Gasteiger partial charge in [0.15, 0.2) is 6.61 Å². The van der Waals surface area contributed by atoms with Crippen molar-refractivity contribution < 1.29 is 28.7 Å². The molecule has 2 heterocycles. The number of nitrogens with one attached hydrogen (secondary N) is 1. The van der Waals surface area contributed by atoms with E-state index in [0.717, 1.165) is 22.2 Å². The van der Waals surface area contributed by atoms with Crippen LogP contribution in [0.2, 0.25) is 0 Å². The Morgan fingerprint density at radius 1 is 1.11 bits per heavy atom. The molecule has 2 fully saturated rings. The van der Waals surface area contributed by atoms with Crippen LogP contribution in [-0.4, -0.2) is 72.2 Å². The third-order valence-corrected chi connectivity index (χ3v) is 6.29. The Kier molecular flexibility index (Phi) is 7.84. The van der Waals surface area contributed by atoms with E-state index < -0.39 is 11.1 Å². The number of anilines is 1. The van der Waals surface area contributed by atoms with Crippen LogP contribution >= 0.6 is 11.8 Å². The first-order chi connectivity index (χ1) is 16.9. The number of rotatable bonds is 7. The molecular formula is C25H25N3O6S. The summed E-state index contributed by atoms with van der Waals surface area (Å²) in [6.07, 6.45) is 1.60. The van der Waals surface area contributed by atoms with E-state index in [1.54, 1.807) is 41.3 Å². The first-order valence-corrected chi connectivity index (χ1v) is 11.9. The van der Waals surface area contributed by atoms with E-state index in [1.165, 1.54) is 0 Å². The van der Waals surface area contributed by atoms with Crippen LogP contribution < -0.4 is 10.1 Å². The Labute approximate surface area is 207 Å². The van der Waals surface area contributed by atoms with Gasteiger partial charge >= 0.3 is 0 Å². The fourth-order valence-corrected chi connectivity index (χ4v) is 4.40. The largest absolute Gasteiger partial charge is 0.484 e. The monoisotopic (exact) mass is 495 g/mol. The molecule has 0 aromatic heterocycles. The number of hydrogen-bond donors (Lipinski definition) is 1. The number of morpholine rings is 1. The molecule has 4 rings (SSSR count). The smallest absolute Gasteiger partial charge is 0.294 e. The van der Waals surface area contributed by atoms with Crippen LogP contribution in [0.5, 0.6) is 5.75 Å². The summed E-state index contributed by atoms with van der Waals surface area (Å²) in [6, 6.07) is 14.3. The number of carbonyl (C=O) groups excluding carboxylic acids is 4. The Hall–Kier alpha value is -3.63. The number of thioether (sulfide) groups is 1. The summed E-state index contributed by atoms with van der Waals surface area (Å²) in [5, 5.41) is 2.31. The fraction of sp³-hybridized carbons (Fsp3) is 0.280. The van der Waals surface area contributed by atoms with Gasteiger partial charge < -0.3 is 19.7 Å². The summed E-state index contributed by atoms with van der Waals surface area (Å²) < 4.78 is 10.8. The van der Waals surface area contributed by atoms with Crippen molar-refractivity contribution in [3.05, 3.63) is 64.6 Å². The van der Waals surface area contributed by atoms with Crippen molar-refractivity contribution in [3.63, 3.8) is 0 Å². The molecule has 0 saturated carbocycles. The molecule has 2 aliphatic rings. The number of nitrogens with zero attached hydrogens (tertiary/aromatic N) is 2. The first-order valence-electron chi connectivity index (χ1n) is 11.1. The van der Waals surface area contributed by atoms with Gasteiger partial charge in [-0.2, -0.15) is 0 Å². The zero-order chi connectivity index (χ0) is 24.8. The van der Waals surface area contributed by atoms with E-state index in [9.17, 15) is 19.2 Å². The van der Waals surface area contributed by atoms with E-state index >= 15 is 0 Å². The highest BCUT2D eigenvalue weighted by Gasteiger charge is 2.37. The number of benzene rings is 2. The number of carbonyl (C=O) groups is 4. The van der Waals surface area contributed by atoms with Crippen molar-refractivity contribution in [2.24, 2.45) is 0 Å². The van der Waals surface area contributed by atoms with Crippen LogP contribution in [0.1, 0.15) is 11.1 Å². The third kappa shape index (κ3) is 6.49. The normalized spacial score (nSPS) is 17.1. The van der Waals surface area contributed by atoms with Gasteiger partial charge in [-0.25, -0.2) is 0 Å². The predicted octanol–water partition coefficient (Wildman–Crippen LogP) is 2.91. The molecule has 182 valence electrons. The molecule has 0 aliphatic carbocycles. The zero-order valence-electron chi connectivity index (χ0n) is 19.2. The van der Waals surface area contributed by atoms with Crippen LogP contribution in [0.15, 0.2) is 53.4 Å². The minimum absolute atomic E-state index is 0.149. The van der Waals surface area contributed by atoms with Gasteiger partial charge in [0, 0.05) is 18.8 Å². The van der Waals surface area contributed by atoms with E-state index in [0.29, 0.717) is 43.3 Å². The molecule has 0 unspecified atom stereocenters. The van der Waals surface area contributed by atoms with Gasteiger partial charge in [-0.15, -0.1) is 0 Å². The summed E-state index contributed by atoms with van der Waals surface area (Å²) in [6.45, 7) is 3.32. The standard InChI is InChI=1S/C25H25N3O6S/c1-17-3-2-4-19(13-17)26-22(29)16-34-20-7-5-18(6-8-20)14-21-24(31)28(25(32)35-21)15-23(30)27-9-11-33-12-10-27/h2-8,13-14H,9-12,15-16H2,1H3,(H,26,29)/b21-14-. The van der Waals surface area contributed by atoms with Crippen molar-refractivity contribution in [3.8, 4) is 5.75 Å². The van der Waals surface area contributed by atoms with E-state index in [-0.39, 0.29) is 29.9 Å². The molecule has 35 heavy (non-hydrogen) atoms. The molecule has 0 spiro atoms. The number of imide groups is 1. The minimum Gasteiger partial charge on any atom is -0.484 e. The van der Waals surface area contributed by atoms with E-state index in [1.807, 2.05) is 25.1 Å². The molecule has 2 aliphatic heterocycles. The molecule has 1 N–H and O–H groups in total. The molecule has 0 radical (unpaired) electrons. The summed E-state index contributed by atoms with van der Waals surface area (Å²) in [4.78, 5) is 52.4. The lowest BCUT2D eigenvalue weighted by Crippen LogP contribution is -2.46. The molecule has 2 aromatic rings. The maximum atomic E-state index is 12.7. The second kappa shape index (κ2) is 11.2. The number of aryl methyl sites for hydroxylation is 1. The zero-order valence-corrected chi connectivity index (χ0v) is 20.0. The molecule has 2 saturated heterocycles. The van der Waals surface area contributed by atoms with Gasteiger partial charge in [-0.1, -0.05) is 24.3 Å². The molecule has 0 bridgehead atoms. The average Bonchev–Trinajstić information content (AvgIpc) is 3.11. The topological polar surface area (TPSA) is 105 Å². The Balaban J connectivity index is 1.30. The second-order valence-electron chi connectivity index (χ2n) is 8.04. The van der Waals surface area contributed by atoms with Crippen LogP contribution in [0.4, 0.5) is 10.5 Å². The molecule has 10 heteroatoms. The van der Waals surface area contributed by atoms with Crippen LogP contribution in [-0.2, 0) is 19.1 Å². The van der Waals surface area contributed by atoms with E-state index in [2.05, 4.69) is 5.32 Å². The van der Waals surface area contributed by atoms with Crippen LogP contribution in [0.25, 0.3) is 6.08 Å². The van der Waals surface area contributed by atoms with Crippen LogP contribution in [0, 0.1) is 6.92 Å². The molecule has 0 atom stereocenters. The number of amides is 4. The highest BCUT2D eigenvalue weighted by atomic mass is 32.2. The first kappa shape index (κ1) is 24.5. The summed E-state index contributed by atoms with van der Waals surface area (Å²) in [5.41, 5.74) is 2.43. The van der Waals surface area contributed by atoms with Gasteiger partial charge in [0.25, 0.3) is 17.1 Å². The lowest BCUT2D eigenvalue weighted by Gasteiger charge is -2.28. The van der Waals surface area contributed by atoms with Gasteiger partial charge in [-0.05, 0) is 60.2 Å². The highest BCUT2D eigenvalue weighted by molar-refractivity contribution is 8.18. The average molecular weight is 496 g/mol. The molecule has 4 amide bonds. The highest BCUT2D eigenvalue weighted by Crippen LogP contribution is 2.32. The van der Waals surface area contributed by atoms with Crippen molar-refractivity contribution in [2.75, 3.05) is 44.8 Å². The van der Waals surface area contributed by atoms with Gasteiger partial charge in [0.05, 0.1) is 18.1 Å². The predicted molar refractivity (Wildman–Crippen MR) is 132 cm³/mol. The van der Waals surface area contributed by atoms with Gasteiger partial charge in [0.2, 0.25) is 5.91 Å². The Bertz CT molecular complexity index is 1160.